The van der Waals surface area contributed by atoms with Crippen molar-refractivity contribution in [1.82, 2.24) is 0 Å². The summed E-state index contributed by atoms with van der Waals surface area (Å²) >= 11 is 0. The van der Waals surface area contributed by atoms with Crippen molar-refractivity contribution < 1.29 is 29.9 Å². The minimum atomic E-state index is -0.984. The van der Waals surface area contributed by atoms with Crippen LogP contribution in [0.5, 0.6) is 28.7 Å². The van der Waals surface area contributed by atoms with Crippen LogP contribution in [0, 0.1) is 0 Å². The van der Waals surface area contributed by atoms with Gasteiger partial charge in [0.1, 0.15) is 11.2 Å². The van der Waals surface area contributed by atoms with Gasteiger partial charge in [0.05, 0.1) is 5.56 Å². The van der Waals surface area contributed by atoms with Gasteiger partial charge in [-0.3, -0.25) is 0 Å². The lowest BCUT2D eigenvalue weighted by Gasteiger charge is -2.13. The van der Waals surface area contributed by atoms with E-state index in [2.05, 4.69) is 54.6 Å². The van der Waals surface area contributed by atoms with Gasteiger partial charge in [0, 0.05) is 10.8 Å². The van der Waals surface area contributed by atoms with E-state index in [1.807, 2.05) is 48.5 Å². The van der Waals surface area contributed by atoms with Gasteiger partial charge in [-0.2, -0.15) is 0 Å². The Bertz CT molecular complexity index is 2100. The Labute approximate surface area is 246 Å². The molecule has 6 aromatic carbocycles. The summed E-state index contributed by atoms with van der Waals surface area (Å²) in [5.41, 5.74) is 8.30. The fraction of sp³-hybridized carbons (Fsp3) is 0.0270. The second-order valence-electron chi connectivity index (χ2n) is 10.5. The van der Waals surface area contributed by atoms with Crippen LogP contribution in [0.2, 0.25) is 0 Å². The minimum Gasteiger partial charge on any atom is -0.504 e. The van der Waals surface area contributed by atoms with Gasteiger partial charge >= 0.3 is 0 Å². The molecule has 0 saturated heterocycles. The average Bonchev–Trinajstić information content (AvgIpc) is 3.42. The third-order valence-electron chi connectivity index (χ3n) is 7.88. The van der Waals surface area contributed by atoms with Crippen LogP contribution in [0.4, 0.5) is 0 Å². The molecule has 0 aliphatic heterocycles. The zero-order valence-corrected chi connectivity index (χ0v) is 22.8. The van der Waals surface area contributed by atoms with E-state index in [0.29, 0.717) is 5.56 Å². The topological polar surface area (TPSA) is 114 Å². The summed E-state index contributed by atoms with van der Waals surface area (Å²) in [7, 11) is 0. The lowest BCUT2D eigenvalue weighted by Crippen LogP contribution is -1.87. The first-order valence-corrected chi connectivity index (χ1v) is 13.8. The summed E-state index contributed by atoms with van der Waals surface area (Å²) in [6, 6.07) is 38.0. The molecule has 1 heterocycles. The molecular formula is C37H26O6. The monoisotopic (exact) mass is 566 g/mol. The standard InChI is InChI=1S/C37H26O6/c38-33-31(34(39)36(41)37(42)35(33)40)26-16-12-24(13-17-26)23-10-14-25(15-11-23)27-7-4-8-30-32(27)28-20-22(9-18-29(28)43-30)19-21-5-2-1-3-6-21/h1-18,20,38-42H,19H2. The van der Waals surface area contributed by atoms with E-state index in [0.717, 1.165) is 50.6 Å². The molecule has 6 heteroatoms. The number of hydrogen-bond donors (Lipinski definition) is 5. The predicted octanol–water partition coefficient (Wildman–Crippen LogP) is 8.71. The highest BCUT2D eigenvalue weighted by Gasteiger charge is 2.24. The molecule has 6 nitrogen and oxygen atoms in total. The second kappa shape index (κ2) is 10.2. The van der Waals surface area contributed by atoms with Crippen molar-refractivity contribution in [3.8, 4) is 62.1 Å². The molecule has 210 valence electrons. The number of rotatable bonds is 5. The Morgan fingerprint density at radius 1 is 0.442 bits per heavy atom. The maximum Gasteiger partial charge on any atom is 0.208 e. The van der Waals surface area contributed by atoms with Crippen LogP contribution in [-0.2, 0) is 6.42 Å². The van der Waals surface area contributed by atoms with Crippen LogP contribution < -0.4 is 0 Å². The van der Waals surface area contributed by atoms with Crippen LogP contribution in [0.3, 0.4) is 0 Å². The second-order valence-corrected chi connectivity index (χ2v) is 10.5. The number of phenolic OH excluding ortho intramolecular Hbond substituents is 5. The third-order valence-corrected chi connectivity index (χ3v) is 7.88. The van der Waals surface area contributed by atoms with E-state index in [1.54, 1.807) is 12.1 Å². The van der Waals surface area contributed by atoms with E-state index in [1.165, 1.54) is 11.1 Å². The average molecular weight is 567 g/mol. The van der Waals surface area contributed by atoms with Gasteiger partial charge in [0.25, 0.3) is 0 Å². The molecule has 43 heavy (non-hydrogen) atoms. The molecule has 0 aliphatic rings. The number of hydrogen-bond acceptors (Lipinski definition) is 6. The molecule has 0 fully saturated rings. The van der Waals surface area contributed by atoms with Crippen LogP contribution in [-0.4, -0.2) is 25.5 Å². The van der Waals surface area contributed by atoms with Gasteiger partial charge in [-0.25, -0.2) is 0 Å². The highest BCUT2D eigenvalue weighted by Crippen LogP contribution is 2.54. The van der Waals surface area contributed by atoms with Gasteiger partial charge in [-0.1, -0.05) is 97.1 Å². The Balaban J connectivity index is 1.22. The SMILES string of the molecule is Oc1c(O)c(O)c(-c2ccc(-c3ccc(-c4cccc5oc6ccc(Cc7ccccc7)cc6c45)cc3)cc2)c(O)c1O. The first kappa shape index (κ1) is 26.0. The van der Waals surface area contributed by atoms with Gasteiger partial charge in [0.15, 0.2) is 11.5 Å². The maximum absolute atomic E-state index is 10.3. The number of fused-ring (bicyclic) bond motifs is 3. The summed E-state index contributed by atoms with van der Waals surface area (Å²) in [6.07, 6.45) is 0.841. The summed E-state index contributed by atoms with van der Waals surface area (Å²) in [4.78, 5) is 0. The van der Waals surface area contributed by atoms with E-state index in [-0.39, 0.29) is 5.56 Å². The Kier molecular flexibility index (Phi) is 6.17. The molecule has 0 radical (unpaired) electrons. The van der Waals surface area contributed by atoms with E-state index in [9.17, 15) is 25.5 Å². The van der Waals surface area contributed by atoms with Gasteiger partial charge in [0.2, 0.25) is 17.2 Å². The smallest absolute Gasteiger partial charge is 0.208 e. The fourth-order valence-corrected chi connectivity index (χ4v) is 5.69. The largest absolute Gasteiger partial charge is 0.504 e. The van der Waals surface area contributed by atoms with Crippen molar-refractivity contribution in [2.45, 2.75) is 6.42 Å². The van der Waals surface area contributed by atoms with Crippen molar-refractivity contribution >= 4 is 21.9 Å². The van der Waals surface area contributed by atoms with Crippen molar-refractivity contribution in [1.29, 1.82) is 0 Å². The van der Waals surface area contributed by atoms with Crippen LogP contribution >= 0.6 is 0 Å². The zero-order chi connectivity index (χ0) is 29.7. The predicted molar refractivity (Wildman–Crippen MR) is 168 cm³/mol. The van der Waals surface area contributed by atoms with E-state index < -0.39 is 28.7 Å². The first-order valence-electron chi connectivity index (χ1n) is 13.8. The molecule has 7 rings (SSSR count). The molecular weight excluding hydrogens is 540 g/mol. The first-order chi connectivity index (χ1) is 20.9. The lowest BCUT2D eigenvalue weighted by atomic mass is 9.95. The fourth-order valence-electron chi connectivity index (χ4n) is 5.69. The zero-order valence-electron chi connectivity index (χ0n) is 22.8. The van der Waals surface area contributed by atoms with Crippen LogP contribution in [0.1, 0.15) is 11.1 Å². The number of furan rings is 1. The molecule has 1 aromatic heterocycles. The van der Waals surface area contributed by atoms with E-state index in [4.69, 9.17) is 4.42 Å². The van der Waals surface area contributed by atoms with Crippen molar-refractivity contribution in [3.63, 3.8) is 0 Å². The highest BCUT2D eigenvalue weighted by atomic mass is 16.4. The summed E-state index contributed by atoms with van der Waals surface area (Å²) in [5.74, 6) is -4.24. The quantitative estimate of drug-likeness (QED) is 0.105. The normalized spacial score (nSPS) is 11.3. The molecule has 0 atom stereocenters. The minimum absolute atomic E-state index is 0.179. The third kappa shape index (κ3) is 4.46. The van der Waals surface area contributed by atoms with Crippen molar-refractivity contribution in [2.24, 2.45) is 0 Å². The summed E-state index contributed by atoms with van der Waals surface area (Å²) in [6.45, 7) is 0. The molecule has 0 aliphatic carbocycles. The molecule has 0 spiro atoms. The van der Waals surface area contributed by atoms with Crippen molar-refractivity contribution in [2.75, 3.05) is 0 Å². The summed E-state index contributed by atoms with van der Waals surface area (Å²) < 4.78 is 6.22. The maximum atomic E-state index is 10.3. The Morgan fingerprint density at radius 3 is 1.67 bits per heavy atom. The Morgan fingerprint density at radius 2 is 1.02 bits per heavy atom. The van der Waals surface area contributed by atoms with Crippen LogP contribution in [0.15, 0.2) is 120 Å². The number of aromatic hydroxyl groups is 5. The van der Waals surface area contributed by atoms with E-state index >= 15 is 0 Å². The molecule has 0 unspecified atom stereocenters. The van der Waals surface area contributed by atoms with Crippen molar-refractivity contribution in [3.05, 3.63) is 126 Å². The molecule has 5 N–H and O–H groups in total. The molecule has 7 aromatic rings. The van der Waals surface area contributed by atoms with Gasteiger partial charge in [-0.05, 0) is 63.6 Å². The summed E-state index contributed by atoms with van der Waals surface area (Å²) in [5, 5.41) is 52.2. The molecule has 0 bridgehead atoms. The highest BCUT2D eigenvalue weighted by molar-refractivity contribution is 6.12. The number of phenols is 5. The lowest BCUT2D eigenvalue weighted by molar-refractivity contribution is 0.330. The van der Waals surface area contributed by atoms with Crippen LogP contribution in [0.25, 0.3) is 55.3 Å². The molecule has 0 saturated carbocycles. The number of benzene rings is 6. The van der Waals surface area contributed by atoms with Gasteiger partial charge in [-0.15, -0.1) is 0 Å². The molecule has 0 amide bonds. The van der Waals surface area contributed by atoms with Gasteiger partial charge < -0.3 is 29.9 Å². The Hall–Kier alpha value is -5.88.